The molecule has 3 heterocycles. The van der Waals surface area contributed by atoms with Gasteiger partial charge < -0.3 is 19.3 Å². The summed E-state index contributed by atoms with van der Waals surface area (Å²) < 4.78 is 18.5. The van der Waals surface area contributed by atoms with E-state index in [1.54, 1.807) is 21.3 Å². The minimum atomic E-state index is -0.272. The van der Waals surface area contributed by atoms with Crippen LogP contribution in [0.5, 0.6) is 23.1 Å². The molecule has 2 aromatic heterocycles. The topological polar surface area (TPSA) is 84.6 Å². The summed E-state index contributed by atoms with van der Waals surface area (Å²) in [6.45, 7) is 3.25. The third-order valence-corrected chi connectivity index (χ3v) is 8.79. The maximum atomic E-state index is 11.3. The fourth-order valence-corrected chi connectivity index (χ4v) is 6.89. The minimum absolute atomic E-state index is 0.0927. The smallest absolute Gasteiger partial charge is 0.230 e. The van der Waals surface area contributed by atoms with E-state index in [1.165, 1.54) is 33.3 Å². The molecule has 10 heteroatoms. The van der Waals surface area contributed by atoms with Crippen molar-refractivity contribution in [2.24, 2.45) is 0 Å². The largest absolute Gasteiger partial charge is 0.493 e. The summed E-state index contributed by atoms with van der Waals surface area (Å²) in [5.74, 6) is 1.76. The van der Waals surface area contributed by atoms with Gasteiger partial charge in [-0.2, -0.15) is 9.61 Å². The van der Waals surface area contributed by atoms with E-state index in [9.17, 15) is 5.11 Å². The molecule has 1 fully saturated rings. The number of piperazine rings is 1. The van der Waals surface area contributed by atoms with Crippen LogP contribution in [0.2, 0.25) is 0 Å². The molecule has 3 aromatic carbocycles. The van der Waals surface area contributed by atoms with Crippen molar-refractivity contribution in [3.05, 3.63) is 101 Å². The molecule has 1 atom stereocenters. The van der Waals surface area contributed by atoms with Gasteiger partial charge in [-0.05, 0) is 28.8 Å². The van der Waals surface area contributed by atoms with Gasteiger partial charge >= 0.3 is 0 Å². The summed E-state index contributed by atoms with van der Waals surface area (Å²) in [5, 5.41) is 15.5. The van der Waals surface area contributed by atoms with Crippen LogP contribution >= 0.6 is 11.3 Å². The van der Waals surface area contributed by atoms with Gasteiger partial charge in [0.05, 0.1) is 38.3 Å². The van der Waals surface area contributed by atoms with Crippen molar-refractivity contribution >= 4 is 16.3 Å². The molecule has 1 aliphatic heterocycles. The number of aromatic hydroxyl groups is 1. The van der Waals surface area contributed by atoms with E-state index in [4.69, 9.17) is 14.2 Å². The Morgan fingerprint density at radius 3 is 1.76 bits per heavy atom. The van der Waals surface area contributed by atoms with Gasteiger partial charge in [0.25, 0.3) is 0 Å². The number of aromatic nitrogens is 3. The number of fused-ring (bicyclic) bond motifs is 1. The lowest BCUT2D eigenvalue weighted by Gasteiger charge is -2.42. The summed E-state index contributed by atoms with van der Waals surface area (Å²) >= 11 is 1.44. The molecule has 1 saturated heterocycles. The van der Waals surface area contributed by atoms with Crippen LogP contribution in [0.15, 0.2) is 79.1 Å². The third-order valence-electron chi connectivity index (χ3n) is 7.70. The molecular formula is C31H33N5O4S. The average molecular weight is 572 g/mol. The molecule has 41 heavy (non-hydrogen) atoms. The van der Waals surface area contributed by atoms with E-state index in [0.717, 1.165) is 36.6 Å². The summed E-state index contributed by atoms with van der Waals surface area (Å²) in [5.41, 5.74) is 3.48. The highest BCUT2D eigenvalue weighted by Crippen LogP contribution is 2.46. The molecule has 9 nitrogen and oxygen atoms in total. The lowest BCUT2D eigenvalue weighted by atomic mass is 9.95. The third kappa shape index (κ3) is 5.10. The van der Waals surface area contributed by atoms with Gasteiger partial charge in [-0.1, -0.05) is 72.0 Å². The zero-order valence-corrected chi connectivity index (χ0v) is 24.1. The van der Waals surface area contributed by atoms with Gasteiger partial charge in [0.1, 0.15) is 6.33 Å². The van der Waals surface area contributed by atoms with Crippen LogP contribution in [0.25, 0.3) is 4.96 Å². The van der Waals surface area contributed by atoms with E-state index in [0.29, 0.717) is 22.2 Å². The van der Waals surface area contributed by atoms with Crippen LogP contribution in [-0.4, -0.2) is 77.0 Å². The van der Waals surface area contributed by atoms with E-state index in [2.05, 4.69) is 80.5 Å². The Balaban J connectivity index is 1.37. The van der Waals surface area contributed by atoms with Gasteiger partial charge in [-0.15, -0.1) is 0 Å². The van der Waals surface area contributed by atoms with Gasteiger partial charge in [0.2, 0.25) is 16.6 Å². The van der Waals surface area contributed by atoms with Crippen molar-refractivity contribution in [2.45, 2.75) is 12.1 Å². The number of methoxy groups -OCH3 is 3. The molecule has 0 radical (unpaired) electrons. The standard InChI is InChI=1S/C31H33N5O4S/c1-38-24-18-23(19-25(39-2)28(24)40-3)27(29-30(37)36-31(41-29)32-20-33-36)35-16-14-34(15-17-35)26(21-10-6-4-7-11-21)22-12-8-5-9-13-22/h4-13,18-20,26-27,37H,14-17H2,1-3H3. The van der Waals surface area contributed by atoms with Crippen LogP contribution in [0.4, 0.5) is 0 Å². The zero-order chi connectivity index (χ0) is 28.3. The molecule has 0 bridgehead atoms. The van der Waals surface area contributed by atoms with Crippen molar-refractivity contribution in [3.8, 4) is 23.1 Å². The molecule has 5 aromatic rings. The molecular weight excluding hydrogens is 538 g/mol. The molecule has 0 amide bonds. The van der Waals surface area contributed by atoms with Gasteiger partial charge in [-0.25, -0.2) is 4.98 Å². The van der Waals surface area contributed by atoms with E-state index >= 15 is 0 Å². The first-order valence-corrected chi connectivity index (χ1v) is 14.3. The molecule has 0 aliphatic carbocycles. The Kier molecular flexibility index (Phi) is 7.78. The van der Waals surface area contributed by atoms with Crippen molar-refractivity contribution in [1.82, 2.24) is 24.4 Å². The maximum absolute atomic E-state index is 11.3. The summed E-state index contributed by atoms with van der Waals surface area (Å²) in [6, 6.07) is 25.2. The first-order chi connectivity index (χ1) is 20.1. The fraction of sp³-hybridized carbons (Fsp3) is 0.290. The number of hydrogen-bond donors (Lipinski definition) is 1. The average Bonchev–Trinajstić information content (AvgIpc) is 3.61. The Morgan fingerprint density at radius 1 is 0.732 bits per heavy atom. The lowest BCUT2D eigenvalue weighted by Crippen LogP contribution is -2.49. The van der Waals surface area contributed by atoms with Gasteiger partial charge in [0, 0.05) is 26.2 Å². The van der Waals surface area contributed by atoms with Crippen molar-refractivity contribution < 1.29 is 19.3 Å². The number of hydrogen-bond acceptors (Lipinski definition) is 9. The Morgan fingerprint density at radius 2 is 1.27 bits per heavy atom. The van der Waals surface area contributed by atoms with Gasteiger partial charge in [-0.3, -0.25) is 9.80 Å². The number of thiazole rings is 1. The second kappa shape index (κ2) is 11.8. The number of benzene rings is 3. The number of rotatable bonds is 9. The summed E-state index contributed by atoms with van der Waals surface area (Å²) in [7, 11) is 4.82. The second-order valence-corrected chi connectivity index (χ2v) is 10.9. The summed E-state index contributed by atoms with van der Waals surface area (Å²) in [4.78, 5) is 10.7. The van der Waals surface area contributed by atoms with Crippen molar-refractivity contribution in [2.75, 3.05) is 47.5 Å². The molecule has 1 N–H and O–H groups in total. The molecule has 212 valence electrons. The minimum Gasteiger partial charge on any atom is -0.493 e. The van der Waals surface area contributed by atoms with E-state index < -0.39 is 0 Å². The first kappa shape index (κ1) is 27.1. The van der Waals surface area contributed by atoms with Crippen molar-refractivity contribution in [3.63, 3.8) is 0 Å². The zero-order valence-electron chi connectivity index (χ0n) is 23.3. The summed E-state index contributed by atoms with van der Waals surface area (Å²) in [6.07, 6.45) is 1.45. The Hall–Kier alpha value is -4.12. The molecule has 1 aliphatic rings. The fourth-order valence-electron chi connectivity index (χ4n) is 5.80. The van der Waals surface area contributed by atoms with Crippen LogP contribution in [-0.2, 0) is 0 Å². The van der Waals surface area contributed by atoms with Crippen molar-refractivity contribution in [1.29, 1.82) is 0 Å². The van der Waals surface area contributed by atoms with E-state index in [-0.39, 0.29) is 18.0 Å². The predicted molar refractivity (Wildman–Crippen MR) is 158 cm³/mol. The highest BCUT2D eigenvalue weighted by atomic mass is 32.1. The normalized spacial score (nSPS) is 15.3. The van der Waals surface area contributed by atoms with Crippen LogP contribution in [0.3, 0.4) is 0 Å². The van der Waals surface area contributed by atoms with Crippen LogP contribution < -0.4 is 14.2 Å². The SMILES string of the molecule is COc1cc(C(c2sc3ncnn3c2O)N2CCN(C(c3ccccc3)c3ccccc3)CC2)cc(OC)c1OC. The molecule has 1 unspecified atom stereocenters. The highest BCUT2D eigenvalue weighted by Gasteiger charge is 2.35. The lowest BCUT2D eigenvalue weighted by molar-refractivity contribution is 0.0897. The number of ether oxygens (including phenoxy) is 3. The Bertz CT molecular complexity index is 1530. The van der Waals surface area contributed by atoms with Crippen LogP contribution in [0, 0.1) is 0 Å². The van der Waals surface area contributed by atoms with Gasteiger partial charge in [0.15, 0.2) is 11.5 Å². The molecule has 0 spiro atoms. The second-order valence-electron chi connectivity index (χ2n) is 9.90. The quantitative estimate of drug-likeness (QED) is 0.264. The molecule has 6 rings (SSSR count). The number of nitrogens with zero attached hydrogens (tertiary/aromatic N) is 5. The van der Waals surface area contributed by atoms with Crippen LogP contribution in [0.1, 0.15) is 33.7 Å². The van der Waals surface area contributed by atoms with E-state index in [1.807, 2.05) is 12.1 Å². The predicted octanol–water partition coefficient (Wildman–Crippen LogP) is 5.02. The highest BCUT2D eigenvalue weighted by molar-refractivity contribution is 7.17. The maximum Gasteiger partial charge on any atom is 0.230 e. The monoisotopic (exact) mass is 571 g/mol. The Labute approximate surface area is 243 Å². The molecule has 0 saturated carbocycles. The first-order valence-electron chi connectivity index (χ1n) is 13.5.